The highest BCUT2D eigenvalue weighted by molar-refractivity contribution is 5.92. The third-order valence-electron chi connectivity index (χ3n) is 5.17. The Bertz CT molecular complexity index is 957. The van der Waals surface area contributed by atoms with Gasteiger partial charge in [0, 0.05) is 36.3 Å². The minimum absolute atomic E-state index is 0.0602. The number of benzene rings is 1. The Morgan fingerprint density at radius 3 is 3.00 bits per heavy atom. The zero-order valence-corrected chi connectivity index (χ0v) is 15.3. The smallest absolute Gasteiger partial charge is 0.220 e. The molecule has 1 amide bonds. The summed E-state index contributed by atoms with van der Waals surface area (Å²) in [6.45, 7) is 5.48. The number of rotatable bonds is 5. The van der Waals surface area contributed by atoms with E-state index in [-0.39, 0.29) is 12.0 Å². The Morgan fingerprint density at radius 2 is 2.19 bits per heavy atom. The molecule has 0 radical (unpaired) electrons. The molecule has 1 N–H and O–H groups in total. The summed E-state index contributed by atoms with van der Waals surface area (Å²) in [6, 6.07) is 8.03. The van der Waals surface area contributed by atoms with E-state index in [4.69, 9.17) is 9.72 Å². The molecule has 0 spiro atoms. The minimum atomic E-state index is 0.0602. The number of aromatic nitrogens is 3. The zero-order valence-electron chi connectivity index (χ0n) is 15.3. The van der Waals surface area contributed by atoms with Crippen LogP contribution in [0.5, 0.6) is 0 Å². The third kappa shape index (κ3) is 3.17. The van der Waals surface area contributed by atoms with Crippen LogP contribution in [0.4, 0.5) is 0 Å². The maximum atomic E-state index is 12.2. The molecule has 3 heterocycles. The van der Waals surface area contributed by atoms with Crippen LogP contribution in [-0.4, -0.2) is 39.8 Å². The molecule has 0 saturated carbocycles. The second-order valence-corrected chi connectivity index (χ2v) is 6.95. The molecule has 0 bridgehead atoms. The molecule has 1 atom stereocenters. The average Bonchev–Trinajstić information content (AvgIpc) is 3.28. The van der Waals surface area contributed by atoms with Crippen molar-refractivity contribution < 1.29 is 9.53 Å². The van der Waals surface area contributed by atoms with Crippen LogP contribution in [-0.2, 0) is 16.0 Å². The van der Waals surface area contributed by atoms with Crippen molar-refractivity contribution in [2.24, 2.45) is 0 Å². The number of aryl methyl sites for hydroxylation is 2. The molecule has 1 unspecified atom stereocenters. The Kier molecular flexibility index (Phi) is 4.59. The maximum absolute atomic E-state index is 12.2. The van der Waals surface area contributed by atoms with Crippen LogP contribution in [0.2, 0.25) is 0 Å². The average molecular weight is 352 g/mol. The number of hydrogen-bond acceptors (Lipinski definition) is 4. The lowest BCUT2D eigenvalue weighted by Gasteiger charge is -2.13. The first-order valence-corrected chi connectivity index (χ1v) is 9.25. The van der Waals surface area contributed by atoms with Gasteiger partial charge < -0.3 is 10.1 Å². The molecule has 136 valence electrons. The molecule has 0 aliphatic carbocycles. The second kappa shape index (κ2) is 7.03. The lowest BCUT2D eigenvalue weighted by molar-refractivity contribution is -0.121. The molecule has 6 heteroatoms. The second-order valence-electron chi connectivity index (χ2n) is 6.95. The number of amides is 1. The van der Waals surface area contributed by atoms with Crippen LogP contribution in [0.1, 0.15) is 36.2 Å². The summed E-state index contributed by atoms with van der Waals surface area (Å²) >= 11 is 0. The first kappa shape index (κ1) is 17.0. The Hall–Kier alpha value is -2.47. The minimum Gasteiger partial charge on any atom is -0.376 e. The molecule has 1 aromatic carbocycles. The predicted octanol–water partition coefficient (Wildman–Crippen LogP) is 2.73. The zero-order chi connectivity index (χ0) is 18.1. The van der Waals surface area contributed by atoms with E-state index in [1.165, 1.54) is 0 Å². The maximum Gasteiger partial charge on any atom is 0.220 e. The van der Waals surface area contributed by atoms with Crippen molar-refractivity contribution in [3.63, 3.8) is 0 Å². The first-order chi connectivity index (χ1) is 12.6. The van der Waals surface area contributed by atoms with Crippen molar-refractivity contribution in [3.05, 3.63) is 41.2 Å². The van der Waals surface area contributed by atoms with Gasteiger partial charge in [-0.05, 0) is 50.8 Å². The molecule has 3 aromatic rings. The number of carbonyl (C=O) groups is 1. The number of carbonyl (C=O) groups excluding carboxylic acids is 1. The molecule has 1 saturated heterocycles. The van der Waals surface area contributed by atoms with Crippen LogP contribution in [0.15, 0.2) is 24.3 Å². The van der Waals surface area contributed by atoms with E-state index in [0.29, 0.717) is 19.4 Å². The number of nitrogens with one attached hydrogen (secondary N) is 1. The van der Waals surface area contributed by atoms with Crippen molar-refractivity contribution in [2.45, 2.75) is 45.6 Å². The van der Waals surface area contributed by atoms with E-state index in [0.717, 1.165) is 52.9 Å². The summed E-state index contributed by atoms with van der Waals surface area (Å²) in [5.74, 6) is 0.0602. The van der Waals surface area contributed by atoms with Gasteiger partial charge in [0.15, 0.2) is 5.65 Å². The summed E-state index contributed by atoms with van der Waals surface area (Å²) in [5.41, 5.74) is 4.93. The topological polar surface area (TPSA) is 68.5 Å². The Morgan fingerprint density at radius 1 is 1.35 bits per heavy atom. The van der Waals surface area contributed by atoms with Crippen LogP contribution in [0.25, 0.3) is 16.6 Å². The number of nitrogens with zero attached hydrogens (tertiary/aromatic N) is 3. The standard InChI is InChI=1S/C20H24N4O2/c1-13-16(9-10-19(25)21-12-15-6-5-11-26-15)14(2)24-20(22-13)17-7-3-4-8-18(17)23-24/h3-4,7-8,15H,5-6,9-12H2,1-2H3,(H,21,25). The lowest BCUT2D eigenvalue weighted by Crippen LogP contribution is -2.32. The van der Waals surface area contributed by atoms with Gasteiger partial charge in [-0.3, -0.25) is 4.79 Å². The SMILES string of the molecule is Cc1nc2c3ccccc3nn2c(C)c1CCC(=O)NCC1CCCO1. The van der Waals surface area contributed by atoms with E-state index >= 15 is 0 Å². The molecular formula is C20H24N4O2. The predicted molar refractivity (Wildman–Crippen MR) is 100 cm³/mol. The van der Waals surface area contributed by atoms with E-state index in [9.17, 15) is 4.79 Å². The summed E-state index contributed by atoms with van der Waals surface area (Å²) < 4.78 is 7.45. The van der Waals surface area contributed by atoms with E-state index in [1.54, 1.807) is 0 Å². The van der Waals surface area contributed by atoms with Gasteiger partial charge in [-0.15, -0.1) is 0 Å². The Labute approximate surface area is 152 Å². The third-order valence-corrected chi connectivity index (χ3v) is 5.17. The van der Waals surface area contributed by atoms with Crippen LogP contribution < -0.4 is 5.32 Å². The summed E-state index contributed by atoms with van der Waals surface area (Å²) in [6.07, 6.45) is 3.41. The molecule has 1 aliphatic rings. The fourth-order valence-electron chi connectivity index (χ4n) is 3.70. The molecule has 4 rings (SSSR count). The van der Waals surface area contributed by atoms with Gasteiger partial charge in [-0.2, -0.15) is 5.10 Å². The number of hydrogen-bond donors (Lipinski definition) is 1. The molecule has 1 aliphatic heterocycles. The number of ether oxygens (including phenoxy) is 1. The van der Waals surface area contributed by atoms with E-state index < -0.39 is 0 Å². The van der Waals surface area contributed by atoms with Crippen molar-refractivity contribution in [1.82, 2.24) is 19.9 Å². The molecular weight excluding hydrogens is 328 g/mol. The van der Waals surface area contributed by atoms with Gasteiger partial charge in [0.25, 0.3) is 0 Å². The van der Waals surface area contributed by atoms with Crippen molar-refractivity contribution in [3.8, 4) is 0 Å². The summed E-state index contributed by atoms with van der Waals surface area (Å²) in [4.78, 5) is 17.0. The van der Waals surface area contributed by atoms with Gasteiger partial charge in [0.2, 0.25) is 5.91 Å². The highest BCUT2D eigenvalue weighted by Crippen LogP contribution is 2.22. The van der Waals surface area contributed by atoms with Crippen molar-refractivity contribution >= 4 is 22.5 Å². The van der Waals surface area contributed by atoms with Crippen LogP contribution in [0.3, 0.4) is 0 Å². The van der Waals surface area contributed by atoms with Gasteiger partial charge in [0.05, 0.1) is 11.6 Å². The van der Waals surface area contributed by atoms with Gasteiger partial charge in [0.1, 0.15) is 0 Å². The van der Waals surface area contributed by atoms with Crippen LogP contribution in [0, 0.1) is 13.8 Å². The molecule has 1 fully saturated rings. The van der Waals surface area contributed by atoms with Gasteiger partial charge >= 0.3 is 0 Å². The van der Waals surface area contributed by atoms with E-state index in [2.05, 4.69) is 10.4 Å². The normalized spacial score (nSPS) is 17.2. The van der Waals surface area contributed by atoms with E-state index in [1.807, 2.05) is 42.6 Å². The quantitative estimate of drug-likeness (QED) is 0.767. The Balaban J connectivity index is 1.50. The first-order valence-electron chi connectivity index (χ1n) is 9.25. The van der Waals surface area contributed by atoms with Crippen LogP contribution >= 0.6 is 0 Å². The number of fused-ring (bicyclic) bond motifs is 3. The van der Waals surface area contributed by atoms with Crippen molar-refractivity contribution in [2.75, 3.05) is 13.2 Å². The summed E-state index contributed by atoms with van der Waals surface area (Å²) in [5, 5.41) is 8.71. The molecule has 26 heavy (non-hydrogen) atoms. The van der Waals surface area contributed by atoms with Crippen molar-refractivity contribution in [1.29, 1.82) is 0 Å². The molecule has 6 nitrogen and oxygen atoms in total. The fraction of sp³-hybridized carbons (Fsp3) is 0.450. The highest BCUT2D eigenvalue weighted by atomic mass is 16.5. The largest absolute Gasteiger partial charge is 0.376 e. The van der Waals surface area contributed by atoms with Gasteiger partial charge in [-0.25, -0.2) is 9.50 Å². The highest BCUT2D eigenvalue weighted by Gasteiger charge is 2.17. The lowest BCUT2D eigenvalue weighted by atomic mass is 10.1. The molecule has 2 aromatic heterocycles. The monoisotopic (exact) mass is 352 g/mol. The van der Waals surface area contributed by atoms with Gasteiger partial charge in [-0.1, -0.05) is 12.1 Å². The fourth-order valence-corrected chi connectivity index (χ4v) is 3.70. The summed E-state index contributed by atoms with van der Waals surface area (Å²) in [7, 11) is 0.